The third kappa shape index (κ3) is 4.03. The first-order valence-corrected chi connectivity index (χ1v) is 7.59. The highest BCUT2D eigenvalue weighted by atomic mass is 32.2. The monoisotopic (exact) mass is 288 g/mol. The molecule has 1 fully saturated rings. The molecule has 0 aliphatic heterocycles. The number of hydrogen-bond acceptors (Lipinski definition) is 5. The van der Waals surface area contributed by atoms with Crippen LogP contribution < -0.4 is 0 Å². The van der Waals surface area contributed by atoms with E-state index in [0.29, 0.717) is 11.5 Å². The van der Waals surface area contributed by atoms with Gasteiger partial charge in [0.25, 0.3) is 0 Å². The Hall–Kier alpha value is -1.41. The van der Waals surface area contributed by atoms with Gasteiger partial charge in [-0.3, -0.25) is 4.79 Å². The van der Waals surface area contributed by atoms with E-state index in [1.807, 2.05) is 0 Å². The van der Waals surface area contributed by atoms with Crippen molar-refractivity contribution in [2.24, 2.45) is 5.92 Å². The first-order valence-electron chi connectivity index (χ1n) is 5.98. The summed E-state index contributed by atoms with van der Waals surface area (Å²) >= 11 is 0. The Morgan fingerprint density at radius 2 is 2.26 bits per heavy atom. The summed E-state index contributed by atoms with van der Waals surface area (Å²) in [4.78, 5) is 10.8. The van der Waals surface area contributed by atoms with E-state index in [1.54, 1.807) is 6.92 Å². The predicted octanol–water partition coefficient (Wildman–Crippen LogP) is 0.609. The van der Waals surface area contributed by atoms with Crippen molar-refractivity contribution in [1.29, 1.82) is 0 Å². The number of aliphatic carboxylic acids is 1. The van der Waals surface area contributed by atoms with E-state index in [9.17, 15) is 13.2 Å². The van der Waals surface area contributed by atoms with Crippen molar-refractivity contribution >= 4 is 16.0 Å². The van der Waals surface area contributed by atoms with Crippen LogP contribution >= 0.6 is 0 Å². The molecule has 2 rings (SSSR count). The van der Waals surface area contributed by atoms with Crippen molar-refractivity contribution in [1.82, 2.24) is 9.46 Å². The van der Waals surface area contributed by atoms with Crippen LogP contribution in [0.1, 0.15) is 24.3 Å². The van der Waals surface area contributed by atoms with E-state index >= 15 is 0 Å². The van der Waals surface area contributed by atoms with Gasteiger partial charge in [0, 0.05) is 12.6 Å². The SMILES string of the molecule is Cc1cc(CS(=O)(=O)N(CC(=O)O)CC2CC2)no1. The normalized spacial score (nSPS) is 15.9. The van der Waals surface area contributed by atoms with Crippen LogP contribution in [-0.2, 0) is 20.6 Å². The van der Waals surface area contributed by atoms with Gasteiger partial charge in [-0.05, 0) is 25.7 Å². The molecular formula is C11H16N2O5S. The van der Waals surface area contributed by atoms with Crippen molar-refractivity contribution in [2.75, 3.05) is 13.1 Å². The maximum atomic E-state index is 12.2. The van der Waals surface area contributed by atoms with Crippen molar-refractivity contribution in [3.05, 3.63) is 17.5 Å². The fraction of sp³-hybridized carbons (Fsp3) is 0.636. The van der Waals surface area contributed by atoms with Crippen molar-refractivity contribution < 1.29 is 22.8 Å². The molecule has 1 aliphatic rings. The molecule has 1 heterocycles. The summed E-state index contributed by atoms with van der Waals surface area (Å²) in [5.41, 5.74) is 0.295. The number of carbonyl (C=O) groups is 1. The van der Waals surface area contributed by atoms with E-state index in [-0.39, 0.29) is 18.2 Å². The highest BCUT2D eigenvalue weighted by molar-refractivity contribution is 7.88. The molecule has 19 heavy (non-hydrogen) atoms. The van der Waals surface area contributed by atoms with Crippen LogP contribution in [0.2, 0.25) is 0 Å². The molecule has 0 unspecified atom stereocenters. The lowest BCUT2D eigenvalue weighted by Crippen LogP contribution is -2.38. The summed E-state index contributed by atoms with van der Waals surface area (Å²) in [6.45, 7) is 1.43. The first kappa shape index (κ1) is 14.0. The van der Waals surface area contributed by atoms with Crippen LogP contribution in [0.5, 0.6) is 0 Å². The Morgan fingerprint density at radius 1 is 1.58 bits per heavy atom. The van der Waals surface area contributed by atoms with Crippen LogP contribution in [0.3, 0.4) is 0 Å². The van der Waals surface area contributed by atoms with Gasteiger partial charge in [-0.15, -0.1) is 0 Å². The third-order valence-corrected chi connectivity index (χ3v) is 4.60. The largest absolute Gasteiger partial charge is 0.480 e. The minimum Gasteiger partial charge on any atom is -0.480 e. The van der Waals surface area contributed by atoms with E-state index in [1.165, 1.54) is 6.07 Å². The van der Waals surface area contributed by atoms with Crippen LogP contribution in [0.25, 0.3) is 0 Å². The minimum atomic E-state index is -3.68. The van der Waals surface area contributed by atoms with E-state index in [2.05, 4.69) is 5.16 Å². The molecule has 0 bridgehead atoms. The average molecular weight is 288 g/mol. The number of aromatic nitrogens is 1. The molecule has 0 amide bonds. The molecule has 0 atom stereocenters. The molecule has 106 valence electrons. The van der Waals surface area contributed by atoms with Crippen molar-refractivity contribution in [2.45, 2.75) is 25.5 Å². The van der Waals surface area contributed by atoms with Gasteiger partial charge >= 0.3 is 5.97 Å². The van der Waals surface area contributed by atoms with E-state index in [4.69, 9.17) is 9.63 Å². The number of carboxylic acids is 1. The minimum absolute atomic E-state index is 0.269. The summed E-state index contributed by atoms with van der Waals surface area (Å²) < 4.78 is 30.2. The zero-order valence-electron chi connectivity index (χ0n) is 10.6. The lowest BCUT2D eigenvalue weighted by molar-refractivity contribution is -0.137. The molecule has 8 heteroatoms. The van der Waals surface area contributed by atoms with Crippen molar-refractivity contribution in [3.63, 3.8) is 0 Å². The van der Waals surface area contributed by atoms with Gasteiger partial charge in [0.1, 0.15) is 23.8 Å². The van der Waals surface area contributed by atoms with Crippen LogP contribution in [0.4, 0.5) is 0 Å². The predicted molar refractivity (Wildman–Crippen MR) is 65.8 cm³/mol. The lowest BCUT2D eigenvalue weighted by atomic mass is 10.4. The molecule has 0 radical (unpaired) electrons. The maximum Gasteiger partial charge on any atom is 0.318 e. The molecule has 1 aromatic rings. The standard InChI is InChI=1S/C11H16N2O5S/c1-8-4-10(12-18-8)7-19(16,17)13(6-11(14)15)5-9-2-3-9/h4,9H,2-3,5-7H2,1H3,(H,14,15). The Morgan fingerprint density at radius 3 is 2.74 bits per heavy atom. The van der Waals surface area contributed by atoms with Gasteiger partial charge in [0.15, 0.2) is 0 Å². The maximum absolute atomic E-state index is 12.2. The molecular weight excluding hydrogens is 272 g/mol. The van der Waals surface area contributed by atoms with E-state index < -0.39 is 22.5 Å². The zero-order chi connectivity index (χ0) is 14.0. The molecule has 1 N–H and O–H groups in total. The number of rotatable bonds is 7. The second-order valence-corrected chi connectivity index (χ2v) is 6.78. The summed E-state index contributed by atoms with van der Waals surface area (Å²) in [5, 5.41) is 12.4. The smallest absolute Gasteiger partial charge is 0.318 e. The van der Waals surface area contributed by atoms with Crippen LogP contribution in [0.15, 0.2) is 10.6 Å². The third-order valence-electron chi connectivity index (χ3n) is 2.87. The van der Waals surface area contributed by atoms with Gasteiger partial charge in [-0.2, -0.15) is 4.31 Å². The average Bonchev–Trinajstić information content (AvgIpc) is 3.00. The van der Waals surface area contributed by atoms with Gasteiger partial charge in [-0.25, -0.2) is 8.42 Å². The van der Waals surface area contributed by atoms with Crippen LogP contribution in [0, 0.1) is 12.8 Å². The molecule has 1 aromatic heterocycles. The quantitative estimate of drug-likeness (QED) is 0.789. The lowest BCUT2D eigenvalue weighted by Gasteiger charge is -2.19. The Bertz CT molecular complexity index is 561. The Labute approximate surface area is 111 Å². The van der Waals surface area contributed by atoms with E-state index in [0.717, 1.165) is 17.1 Å². The summed E-state index contributed by atoms with van der Waals surface area (Å²) in [6.07, 6.45) is 1.91. The summed E-state index contributed by atoms with van der Waals surface area (Å²) in [5.74, 6) is -0.671. The second-order valence-electron chi connectivity index (χ2n) is 4.81. The number of sulfonamides is 1. The van der Waals surface area contributed by atoms with Crippen LogP contribution in [-0.4, -0.2) is 42.0 Å². The topological polar surface area (TPSA) is 101 Å². The number of aryl methyl sites for hydroxylation is 1. The molecule has 0 saturated heterocycles. The Kier molecular flexibility index (Phi) is 3.91. The molecule has 1 saturated carbocycles. The number of nitrogens with zero attached hydrogens (tertiary/aromatic N) is 2. The van der Waals surface area contributed by atoms with Gasteiger partial charge in [-0.1, -0.05) is 5.16 Å². The fourth-order valence-corrected chi connectivity index (χ4v) is 3.22. The second kappa shape index (κ2) is 5.30. The Balaban J connectivity index is 2.10. The summed E-state index contributed by atoms with van der Waals surface area (Å²) in [6, 6.07) is 1.54. The highest BCUT2D eigenvalue weighted by Gasteiger charge is 2.32. The fourth-order valence-electron chi connectivity index (χ4n) is 1.78. The van der Waals surface area contributed by atoms with Gasteiger partial charge in [0.05, 0.1) is 0 Å². The summed E-state index contributed by atoms with van der Waals surface area (Å²) in [7, 11) is -3.68. The zero-order valence-corrected chi connectivity index (χ0v) is 11.4. The van der Waals surface area contributed by atoms with Crippen molar-refractivity contribution in [3.8, 4) is 0 Å². The molecule has 0 spiro atoms. The molecule has 0 aromatic carbocycles. The molecule has 1 aliphatic carbocycles. The number of hydrogen-bond donors (Lipinski definition) is 1. The van der Waals surface area contributed by atoms with Gasteiger partial charge < -0.3 is 9.63 Å². The molecule has 7 nitrogen and oxygen atoms in total. The highest BCUT2D eigenvalue weighted by Crippen LogP contribution is 2.30. The number of carboxylic acid groups (broad SMARTS) is 1. The first-order chi connectivity index (χ1) is 8.87. The van der Waals surface area contributed by atoms with Gasteiger partial charge in [0.2, 0.25) is 10.0 Å².